The number of rotatable bonds is 9. The van der Waals surface area contributed by atoms with Gasteiger partial charge in [0, 0.05) is 5.56 Å². The number of amides is 1. The normalized spacial score (nSPS) is 11.5. The fraction of sp³-hybridized carbons (Fsp3) is 0.286. The molecule has 9 nitrogen and oxygen atoms in total. The molecule has 3 rings (SSSR count). The van der Waals surface area contributed by atoms with Crippen LogP contribution in [0.2, 0.25) is 0 Å². The summed E-state index contributed by atoms with van der Waals surface area (Å²) in [6, 6.07) is 15.9. The van der Waals surface area contributed by atoms with E-state index >= 15 is 0 Å². The monoisotopic (exact) mass is 409 g/mol. The Bertz CT molecular complexity index is 973. The van der Waals surface area contributed by atoms with Crippen LogP contribution in [-0.4, -0.2) is 45.8 Å². The van der Waals surface area contributed by atoms with E-state index in [4.69, 9.17) is 9.47 Å². The van der Waals surface area contributed by atoms with Gasteiger partial charge in [0.15, 0.2) is 0 Å². The first-order chi connectivity index (χ1) is 14.6. The summed E-state index contributed by atoms with van der Waals surface area (Å²) >= 11 is 0. The van der Waals surface area contributed by atoms with Crippen LogP contribution in [-0.2, 0) is 20.9 Å². The smallest absolute Gasteiger partial charge is 0.308 e. The topological polar surface area (TPSA) is 108 Å². The van der Waals surface area contributed by atoms with Crippen LogP contribution in [0, 0.1) is 0 Å². The highest BCUT2D eigenvalue weighted by molar-refractivity contribution is 5.77. The summed E-state index contributed by atoms with van der Waals surface area (Å²) in [5, 5.41) is 15.0. The molecule has 0 aliphatic rings. The zero-order chi connectivity index (χ0) is 21.3. The molecule has 9 heteroatoms. The molecule has 0 aliphatic carbocycles. The number of methoxy groups -OCH3 is 1. The molecule has 0 radical (unpaired) electrons. The third-order valence-electron chi connectivity index (χ3n) is 4.30. The van der Waals surface area contributed by atoms with E-state index in [2.05, 4.69) is 20.7 Å². The molecule has 0 aliphatic heterocycles. The molecule has 0 fully saturated rings. The SMILES string of the molecule is CCOC(=O)CC(NC(=O)Cn1nnc(-c2ccccc2)n1)c1ccc(OC)cc1. The van der Waals surface area contributed by atoms with Crippen molar-refractivity contribution in [3.63, 3.8) is 0 Å². The minimum Gasteiger partial charge on any atom is -0.497 e. The fourth-order valence-electron chi connectivity index (χ4n) is 2.86. The van der Waals surface area contributed by atoms with Crippen LogP contribution in [0.4, 0.5) is 0 Å². The van der Waals surface area contributed by atoms with Gasteiger partial charge in [0.25, 0.3) is 0 Å². The Morgan fingerprint density at radius 3 is 2.50 bits per heavy atom. The fourth-order valence-corrected chi connectivity index (χ4v) is 2.86. The molecular formula is C21H23N5O4. The number of aromatic nitrogens is 4. The molecule has 0 spiro atoms. The lowest BCUT2D eigenvalue weighted by Crippen LogP contribution is -2.33. The summed E-state index contributed by atoms with van der Waals surface area (Å²) in [7, 11) is 1.57. The van der Waals surface area contributed by atoms with Gasteiger partial charge in [-0.1, -0.05) is 42.5 Å². The van der Waals surface area contributed by atoms with Gasteiger partial charge in [-0.15, -0.1) is 10.2 Å². The van der Waals surface area contributed by atoms with Crippen LogP contribution >= 0.6 is 0 Å². The maximum atomic E-state index is 12.6. The Morgan fingerprint density at radius 2 is 1.83 bits per heavy atom. The third-order valence-corrected chi connectivity index (χ3v) is 4.30. The number of esters is 1. The summed E-state index contributed by atoms with van der Waals surface area (Å²) in [4.78, 5) is 25.8. The first-order valence-corrected chi connectivity index (χ1v) is 9.51. The Morgan fingerprint density at radius 1 is 1.10 bits per heavy atom. The van der Waals surface area contributed by atoms with Gasteiger partial charge in [-0.05, 0) is 29.8 Å². The first kappa shape index (κ1) is 21.0. The highest BCUT2D eigenvalue weighted by Crippen LogP contribution is 2.21. The second-order valence-electron chi connectivity index (χ2n) is 6.41. The van der Waals surface area contributed by atoms with Gasteiger partial charge >= 0.3 is 5.97 Å². The molecule has 0 saturated carbocycles. The number of nitrogens with zero attached hydrogens (tertiary/aromatic N) is 4. The first-order valence-electron chi connectivity index (χ1n) is 9.51. The minimum absolute atomic E-state index is 0.00591. The van der Waals surface area contributed by atoms with Gasteiger partial charge in [0.2, 0.25) is 11.7 Å². The van der Waals surface area contributed by atoms with Crippen molar-refractivity contribution in [1.82, 2.24) is 25.5 Å². The molecule has 0 bridgehead atoms. The lowest BCUT2D eigenvalue weighted by atomic mass is 10.0. The van der Waals surface area contributed by atoms with Crippen molar-refractivity contribution >= 4 is 11.9 Å². The highest BCUT2D eigenvalue weighted by atomic mass is 16.5. The predicted octanol–water partition coefficient (Wildman–Crippen LogP) is 2.16. The molecule has 3 aromatic rings. The van der Waals surface area contributed by atoms with Crippen LogP contribution in [0.25, 0.3) is 11.4 Å². The third kappa shape index (κ3) is 5.63. The van der Waals surface area contributed by atoms with E-state index in [1.54, 1.807) is 38.3 Å². The molecule has 156 valence electrons. The van der Waals surface area contributed by atoms with Gasteiger partial charge in [0.05, 0.1) is 26.2 Å². The maximum Gasteiger partial charge on any atom is 0.308 e. The van der Waals surface area contributed by atoms with Crippen molar-refractivity contribution in [3.8, 4) is 17.1 Å². The minimum atomic E-state index is -0.556. The van der Waals surface area contributed by atoms with E-state index in [9.17, 15) is 9.59 Å². The number of tetrazole rings is 1. The molecule has 0 saturated heterocycles. The van der Waals surface area contributed by atoms with Gasteiger partial charge < -0.3 is 14.8 Å². The summed E-state index contributed by atoms with van der Waals surface area (Å²) in [6.45, 7) is 1.88. The number of ether oxygens (including phenoxy) is 2. The number of nitrogens with one attached hydrogen (secondary N) is 1. The average molecular weight is 409 g/mol. The molecule has 1 amide bonds. The average Bonchev–Trinajstić information content (AvgIpc) is 3.22. The Kier molecular flexibility index (Phi) is 7.09. The number of hydrogen-bond acceptors (Lipinski definition) is 7. The van der Waals surface area contributed by atoms with Gasteiger partial charge in [-0.25, -0.2) is 0 Å². The summed E-state index contributed by atoms with van der Waals surface area (Å²) in [6.07, 6.45) is 0.00591. The molecular weight excluding hydrogens is 386 g/mol. The summed E-state index contributed by atoms with van der Waals surface area (Å²) < 4.78 is 10.2. The van der Waals surface area contributed by atoms with Crippen LogP contribution in [0.5, 0.6) is 5.75 Å². The zero-order valence-electron chi connectivity index (χ0n) is 16.8. The van der Waals surface area contributed by atoms with Gasteiger partial charge in [-0.2, -0.15) is 4.80 Å². The molecule has 30 heavy (non-hydrogen) atoms. The van der Waals surface area contributed by atoms with Crippen LogP contribution in [0.1, 0.15) is 24.9 Å². The zero-order valence-corrected chi connectivity index (χ0v) is 16.8. The van der Waals surface area contributed by atoms with E-state index in [1.165, 1.54) is 4.80 Å². The van der Waals surface area contributed by atoms with Crippen molar-refractivity contribution < 1.29 is 19.1 Å². The Labute approximate surface area is 174 Å². The number of benzene rings is 2. The quantitative estimate of drug-likeness (QED) is 0.540. The lowest BCUT2D eigenvalue weighted by Gasteiger charge is -2.18. The van der Waals surface area contributed by atoms with E-state index in [-0.39, 0.29) is 25.5 Å². The van der Waals surface area contributed by atoms with Crippen LogP contribution in [0.3, 0.4) is 0 Å². The summed E-state index contributed by atoms with van der Waals surface area (Å²) in [5.41, 5.74) is 1.57. The van der Waals surface area contributed by atoms with Gasteiger partial charge in [0.1, 0.15) is 12.3 Å². The number of carbonyl (C=O) groups excluding carboxylic acids is 2. The van der Waals surface area contributed by atoms with Gasteiger partial charge in [-0.3, -0.25) is 9.59 Å². The summed E-state index contributed by atoms with van der Waals surface area (Å²) in [5.74, 6) is 0.364. The second kappa shape index (κ2) is 10.1. The molecule has 1 atom stereocenters. The second-order valence-corrected chi connectivity index (χ2v) is 6.41. The molecule has 1 aromatic heterocycles. The van der Waals surface area contributed by atoms with E-state index in [1.807, 2.05) is 30.3 Å². The van der Waals surface area contributed by atoms with E-state index in [0.29, 0.717) is 11.6 Å². The Balaban J connectivity index is 1.69. The standard InChI is InChI=1S/C21H23N5O4/c1-3-30-20(28)13-18(15-9-11-17(29-2)12-10-15)22-19(27)14-26-24-21(23-25-26)16-7-5-4-6-8-16/h4-12,18H,3,13-14H2,1-2H3,(H,22,27). The van der Waals surface area contributed by atoms with E-state index in [0.717, 1.165) is 11.1 Å². The van der Waals surface area contributed by atoms with Crippen molar-refractivity contribution in [2.75, 3.05) is 13.7 Å². The van der Waals surface area contributed by atoms with Crippen molar-refractivity contribution in [3.05, 3.63) is 60.2 Å². The van der Waals surface area contributed by atoms with Crippen LogP contribution < -0.4 is 10.1 Å². The molecule has 1 N–H and O–H groups in total. The number of hydrogen-bond donors (Lipinski definition) is 1. The molecule has 2 aromatic carbocycles. The van der Waals surface area contributed by atoms with E-state index < -0.39 is 12.0 Å². The molecule has 1 unspecified atom stereocenters. The van der Waals surface area contributed by atoms with Crippen molar-refractivity contribution in [2.45, 2.75) is 25.9 Å². The highest BCUT2D eigenvalue weighted by Gasteiger charge is 2.20. The van der Waals surface area contributed by atoms with Crippen molar-refractivity contribution in [2.24, 2.45) is 0 Å². The maximum absolute atomic E-state index is 12.6. The van der Waals surface area contributed by atoms with Crippen molar-refractivity contribution in [1.29, 1.82) is 0 Å². The Hall–Kier alpha value is -3.75. The predicted molar refractivity (Wildman–Crippen MR) is 108 cm³/mol. The van der Waals surface area contributed by atoms with Crippen LogP contribution in [0.15, 0.2) is 54.6 Å². The largest absolute Gasteiger partial charge is 0.497 e. The molecule has 1 heterocycles. The number of carbonyl (C=O) groups is 2. The lowest BCUT2D eigenvalue weighted by molar-refractivity contribution is -0.143.